The molecule has 2 nitrogen and oxygen atoms in total. The van der Waals surface area contributed by atoms with E-state index in [2.05, 4.69) is 31.1 Å². The maximum Gasteiger partial charge on any atom is 0.156 e. The molecule has 1 saturated heterocycles. The lowest BCUT2D eigenvalue weighted by molar-refractivity contribution is 0.521. The van der Waals surface area contributed by atoms with Crippen LogP contribution in [0, 0.1) is 5.92 Å². The number of unbranched alkanes of at least 4 members (excludes halogenated alkanes) is 3. The van der Waals surface area contributed by atoms with Crippen LogP contribution in [0.3, 0.4) is 0 Å². The molecule has 0 aromatic heterocycles. The second-order valence-corrected chi connectivity index (χ2v) is 6.15. The number of nitrogens with one attached hydrogen (secondary N) is 1. The highest BCUT2D eigenvalue weighted by Crippen LogP contribution is 2.13. The Balaban J connectivity index is 1.92. The van der Waals surface area contributed by atoms with Gasteiger partial charge in [0, 0.05) is 18.3 Å². The molecular formula is C13H26N2S. The zero-order valence-corrected chi connectivity index (χ0v) is 11.8. The molecule has 3 heteroatoms. The molecule has 1 fully saturated rings. The lowest BCUT2D eigenvalue weighted by Crippen LogP contribution is -2.23. The fourth-order valence-electron chi connectivity index (χ4n) is 1.79. The summed E-state index contributed by atoms with van der Waals surface area (Å²) in [5, 5.41) is 4.55. The Kier molecular flexibility index (Phi) is 6.93. The van der Waals surface area contributed by atoms with Crippen molar-refractivity contribution in [2.75, 3.05) is 12.3 Å². The van der Waals surface area contributed by atoms with Crippen molar-refractivity contribution in [1.29, 1.82) is 0 Å². The number of aliphatic imine (C=N–C) groups is 1. The first kappa shape index (κ1) is 13.9. The predicted molar refractivity (Wildman–Crippen MR) is 75.3 cm³/mol. The summed E-state index contributed by atoms with van der Waals surface area (Å²) in [4.78, 5) is 4.57. The maximum atomic E-state index is 4.57. The maximum absolute atomic E-state index is 4.57. The van der Waals surface area contributed by atoms with E-state index in [4.69, 9.17) is 0 Å². The normalized spacial score (nSPS) is 23.0. The van der Waals surface area contributed by atoms with Crippen molar-refractivity contribution in [2.24, 2.45) is 10.9 Å². The lowest BCUT2D eigenvalue weighted by Gasteiger charge is -2.03. The average molecular weight is 242 g/mol. The zero-order chi connectivity index (χ0) is 11.8. The van der Waals surface area contributed by atoms with Gasteiger partial charge in [0.25, 0.3) is 0 Å². The fourth-order valence-corrected chi connectivity index (χ4v) is 2.75. The van der Waals surface area contributed by atoms with Crippen molar-refractivity contribution in [1.82, 2.24) is 5.32 Å². The minimum Gasteiger partial charge on any atom is -0.362 e. The van der Waals surface area contributed by atoms with E-state index in [1.165, 1.54) is 37.9 Å². The molecule has 16 heavy (non-hydrogen) atoms. The van der Waals surface area contributed by atoms with Gasteiger partial charge in [-0.15, -0.1) is 0 Å². The Morgan fingerprint density at radius 1 is 1.31 bits per heavy atom. The van der Waals surface area contributed by atoms with E-state index in [1.807, 2.05) is 11.8 Å². The number of amidine groups is 1. The first-order chi connectivity index (χ1) is 7.68. The molecule has 0 aromatic carbocycles. The second-order valence-electron chi connectivity index (χ2n) is 5.14. The van der Waals surface area contributed by atoms with E-state index in [0.717, 1.165) is 17.6 Å². The Labute approximate surface area is 105 Å². The predicted octanol–water partition coefficient (Wildman–Crippen LogP) is 3.67. The number of hydrogen-bond donors (Lipinski definition) is 1. The van der Waals surface area contributed by atoms with E-state index in [-0.39, 0.29) is 0 Å². The van der Waals surface area contributed by atoms with Crippen LogP contribution in [0.5, 0.6) is 0 Å². The fraction of sp³-hybridized carbons (Fsp3) is 0.923. The van der Waals surface area contributed by atoms with Crippen molar-refractivity contribution in [3.63, 3.8) is 0 Å². The van der Waals surface area contributed by atoms with Gasteiger partial charge in [-0.1, -0.05) is 51.3 Å². The first-order valence-electron chi connectivity index (χ1n) is 6.62. The van der Waals surface area contributed by atoms with Crippen LogP contribution in [0.4, 0.5) is 0 Å². The molecule has 0 radical (unpaired) electrons. The minimum absolute atomic E-state index is 0.606. The molecule has 0 aliphatic carbocycles. The molecule has 0 amide bonds. The van der Waals surface area contributed by atoms with Crippen LogP contribution in [-0.2, 0) is 0 Å². The van der Waals surface area contributed by atoms with Gasteiger partial charge >= 0.3 is 0 Å². The summed E-state index contributed by atoms with van der Waals surface area (Å²) in [6, 6.07) is 0.606. The summed E-state index contributed by atoms with van der Waals surface area (Å²) in [7, 11) is 0. The van der Waals surface area contributed by atoms with Gasteiger partial charge in [-0.2, -0.15) is 0 Å². The van der Waals surface area contributed by atoms with Crippen LogP contribution in [0.15, 0.2) is 4.99 Å². The van der Waals surface area contributed by atoms with Crippen LogP contribution < -0.4 is 5.32 Å². The smallest absolute Gasteiger partial charge is 0.156 e. The second kappa shape index (κ2) is 7.99. The van der Waals surface area contributed by atoms with Crippen LogP contribution >= 0.6 is 11.8 Å². The summed E-state index contributed by atoms with van der Waals surface area (Å²) in [6.07, 6.45) is 6.73. The van der Waals surface area contributed by atoms with Gasteiger partial charge < -0.3 is 5.32 Å². The number of nitrogens with zero attached hydrogens (tertiary/aromatic N) is 1. The molecule has 94 valence electrons. The zero-order valence-electron chi connectivity index (χ0n) is 11.0. The van der Waals surface area contributed by atoms with Crippen molar-refractivity contribution in [3.8, 4) is 0 Å². The molecule has 1 aliphatic heterocycles. The van der Waals surface area contributed by atoms with Crippen LogP contribution in [0.2, 0.25) is 0 Å². The molecule has 1 heterocycles. The minimum atomic E-state index is 0.606. The van der Waals surface area contributed by atoms with Crippen molar-refractivity contribution in [3.05, 3.63) is 0 Å². The SMILES string of the molecule is CC(C)CCCCCCN=C1NC(C)CS1. The van der Waals surface area contributed by atoms with Gasteiger partial charge in [-0.05, 0) is 19.3 Å². The summed E-state index contributed by atoms with van der Waals surface area (Å²) in [5.41, 5.74) is 0. The Morgan fingerprint density at radius 3 is 2.69 bits per heavy atom. The third-order valence-electron chi connectivity index (χ3n) is 2.78. The van der Waals surface area contributed by atoms with E-state index < -0.39 is 0 Å². The van der Waals surface area contributed by atoms with E-state index in [1.54, 1.807) is 0 Å². The standard InChI is InChI=1S/C13H26N2S/c1-11(2)8-6-4-5-7-9-14-13-15-12(3)10-16-13/h11-12H,4-10H2,1-3H3,(H,14,15). The molecule has 1 atom stereocenters. The topological polar surface area (TPSA) is 24.4 Å². The summed E-state index contributed by atoms with van der Waals surface area (Å²) in [5.74, 6) is 2.04. The van der Waals surface area contributed by atoms with Gasteiger partial charge in [0.05, 0.1) is 0 Å². The molecule has 0 spiro atoms. The number of hydrogen-bond acceptors (Lipinski definition) is 2. The van der Waals surface area contributed by atoms with Crippen molar-refractivity contribution >= 4 is 16.9 Å². The summed E-state index contributed by atoms with van der Waals surface area (Å²) < 4.78 is 0. The average Bonchev–Trinajstić information content (AvgIpc) is 2.62. The molecule has 1 unspecified atom stereocenters. The molecule has 0 bridgehead atoms. The highest BCUT2D eigenvalue weighted by Gasteiger charge is 2.14. The molecule has 0 aromatic rings. The van der Waals surface area contributed by atoms with Crippen molar-refractivity contribution < 1.29 is 0 Å². The van der Waals surface area contributed by atoms with Crippen LogP contribution in [0.25, 0.3) is 0 Å². The monoisotopic (exact) mass is 242 g/mol. The van der Waals surface area contributed by atoms with Gasteiger partial charge in [0.15, 0.2) is 5.17 Å². The van der Waals surface area contributed by atoms with E-state index in [9.17, 15) is 0 Å². The first-order valence-corrected chi connectivity index (χ1v) is 7.61. The van der Waals surface area contributed by atoms with Gasteiger partial charge in [-0.3, -0.25) is 4.99 Å². The largest absolute Gasteiger partial charge is 0.362 e. The van der Waals surface area contributed by atoms with Gasteiger partial charge in [0.1, 0.15) is 0 Å². The van der Waals surface area contributed by atoms with Crippen LogP contribution in [0.1, 0.15) is 52.9 Å². The third-order valence-corrected chi connectivity index (χ3v) is 3.97. The highest BCUT2D eigenvalue weighted by atomic mass is 32.2. The van der Waals surface area contributed by atoms with E-state index in [0.29, 0.717) is 6.04 Å². The number of thioether (sulfide) groups is 1. The molecule has 0 saturated carbocycles. The van der Waals surface area contributed by atoms with Crippen molar-refractivity contribution in [2.45, 2.75) is 58.9 Å². The molecular weight excluding hydrogens is 216 g/mol. The Bertz CT molecular complexity index is 214. The summed E-state index contributed by atoms with van der Waals surface area (Å²) >= 11 is 1.86. The third kappa shape index (κ3) is 6.41. The van der Waals surface area contributed by atoms with Crippen LogP contribution in [-0.4, -0.2) is 23.5 Å². The molecule has 1 rings (SSSR count). The Morgan fingerprint density at radius 2 is 2.06 bits per heavy atom. The molecule has 1 aliphatic rings. The van der Waals surface area contributed by atoms with Gasteiger partial charge in [-0.25, -0.2) is 0 Å². The number of rotatable bonds is 7. The van der Waals surface area contributed by atoms with Gasteiger partial charge in [0.2, 0.25) is 0 Å². The quantitative estimate of drug-likeness (QED) is 0.689. The lowest BCUT2D eigenvalue weighted by atomic mass is 10.0. The summed E-state index contributed by atoms with van der Waals surface area (Å²) in [6.45, 7) is 7.82. The highest BCUT2D eigenvalue weighted by molar-refractivity contribution is 8.14. The molecule has 1 N–H and O–H groups in total. The van der Waals surface area contributed by atoms with E-state index >= 15 is 0 Å². The Hall–Kier alpha value is -0.180.